The Morgan fingerprint density at radius 2 is 1.82 bits per heavy atom. The number of aromatic nitrogens is 1. The molecule has 4 aromatic rings. The molecule has 0 spiro atoms. The van der Waals surface area contributed by atoms with E-state index in [0.717, 1.165) is 20.8 Å². The van der Waals surface area contributed by atoms with Crippen molar-refractivity contribution < 1.29 is 14.3 Å². The maximum absolute atomic E-state index is 12.8. The Balaban J connectivity index is 1.49. The number of nitrogens with one attached hydrogen (secondary N) is 1. The van der Waals surface area contributed by atoms with Crippen LogP contribution in [0.15, 0.2) is 66.7 Å². The lowest BCUT2D eigenvalue weighted by atomic mass is 9.85. The molecule has 1 heterocycles. The first kappa shape index (κ1) is 23.2. The zero-order valence-corrected chi connectivity index (χ0v) is 20.0. The van der Waals surface area contributed by atoms with Crippen molar-refractivity contribution in [3.8, 4) is 23.8 Å². The zero-order valence-electron chi connectivity index (χ0n) is 19.2. The Morgan fingerprint density at radius 1 is 1.06 bits per heavy atom. The molecule has 3 aromatic carbocycles. The van der Waals surface area contributed by atoms with Crippen molar-refractivity contribution in [1.82, 2.24) is 4.98 Å². The van der Waals surface area contributed by atoms with Crippen LogP contribution in [-0.4, -0.2) is 16.7 Å². The molecule has 1 N–H and O–H groups in total. The van der Waals surface area contributed by atoms with Crippen LogP contribution in [0.2, 0.25) is 0 Å². The molecule has 170 valence electrons. The average Bonchev–Trinajstić information content (AvgIpc) is 3.20. The van der Waals surface area contributed by atoms with Gasteiger partial charge in [0, 0.05) is 23.4 Å². The van der Waals surface area contributed by atoms with Crippen LogP contribution >= 0.6 is 11.3 Å². The number of hydrogen-bond donors (Lipinski definition) is 1. The quantitative estimate of drug-likeness (QED) is 0.319. The Hall–Kier alpha value is -3.95. The monoisotopic (exact) mass is 468 g/mol. The maximum atomic E-state index is 12.8. The van der Waals surface area contributed by atoms with Gasteiger partial charge in [0.1, 0.15) is 22.3 Å². The van der Waals surface area contributed by atoms with Crippen LogP contribution in [0.5, 0.6) is 11.5 Å². The molecular weight excluding hydrogens is 444 g/mol. The average molecular weight is 469 g/mol. The van der Waals surface area contributed by atoms with Crippen LogP contribution in [0.4, 0.5) is 5.69 Å². The fraction of sp³-hybridized carbons (Fsp3) is 0.179. The number of terminal acetylenes is 1. The maximum Gasteiger partial charge on any atom is 0.255 e. The molecule has 1 amide bonds. The van der Waals surface area contributed by atoms with Gasteiger partial charge in [0.25, 0.3) is 5.91 Å². The molecule has 0 fully saturated rings. The number of anilines is 1. The third-order valence-electron chi connectivity index (χ3n) is 5.34. The molecule has 0 aliphatic heterocycles. The molecule has 0 saturated carbocycles. The van der Waals surface area contributed by atoms with Gasteiger partial charge in [0.05, 0.1) is 22.1 Å². The summed E-state index contributed by atoms with van der Waals surface area (Å²) in [5, 5.41) is 3.71. The second-order valence-electron chi connectivity index (χ2n) is 8.55. The highest BCUT2D eigenvalue weighted by molar-refractivity contribution is 7.18. The molecule has 0 atom stereocenters. The van der Waals surface area contributed by atoms with E-state index in [1.165, 1.54) is 11.3 Å². The number of thiazole rings is 1. The minimum atomic E-state index is -0.462. The summed E-state index contributed by atoms with van der Waals surface area (Å²) in [6.45, 7) is 5.44. The van der Waals surface area contributed by atoms with Crippen molar-refractivity contribution >= 4 is 38.9 Å². The lowest BCUT2D eigenvalue weighted by molar-refractivity contribution is -0.116. The summed E-state index contributed by atoms with van der Waals surface area (Å²) >= 11 is 1.48. The molecule has 0 aliphatic rings. The number of carbonyl (C=O) groups is 2. The van der Waals surface area contributed by atoms with Gasteiger partial charge in [-0.15, -0.1) is 17.8 Å². The van der Waals surface area contributed by atoms with Gasteiger partial charge in [-0.2, -0.15) is 0 Å². The molecule has 5 nitrogen and oxygen atoms in total. The normalized spacial score (nSPS) is 11.1. The van der Waals surface area contributed by atoms with E-state index < -0.39 is 5.41 Å². The summed E-state index contributed by atoms with van der Waals surface area (Å²) in [4.78, 5) is 28.7. The lowest BCUT2D eigenvalue weighted by Gasteiger charge is -2.18. The van der Waals surface area contributed by atoms with E-state index in [9.17, 15) is 9.59 Å². The summed E-state index contributed by atoms with van der Waals surface area (Å²) in [5.74, 6) is 3.86. The minimum Gasteiger partial charge on any atom is -0.457 e. The molecule has 0 radical (unpaired) electrons. The summed E-state index contributed by atoms with van der Waals surface area (Å²) in [6.07, 6.45) is 5.97. The smallest absolute Gasteiger partial charge is 0.255 e. The fourth-order valence-corrected chi connectivity index (χ4v) is 4.48. The van der Waals surface area contributed by atoms with Crippen molar-refractivity contribution in [1.29, 1.82) is 0 Å². The Morgan fingerprint density at radius 3 is 2.59 bits per heavy atom. The molecule has 6 heteroatoms. The largest absolute Gasteiger partial charge is 0.457 e. The molecule has 0 bridgehead atoms. The number of benzene rings is 3. The van der Waals surface area contributed by atoms with Gasteiger partial charge in [0.2, 0.25) is 0 Å². The van der Waals surface area contributed by atoms with Crippen molar-refractivity contribution in [3.63, 3.8) is 0 Å². The molecule has 34 heavy (non-hydrogen) atoms. The highest BCUT2D eigenvalue weighted by atomic mass is 32.1. The van der Waals surface area contributed by atoms with Crippen molar-refractivity contribution in [2.24, 2.45) is 0 Å². The zero-order chi connectivity index (χ0) is 24.3. The summed E-state index contributed by atoms with van der Waals surface area (Å²) in [6, 6.07) is 20.2. The number of carbonyl (C=O) groups excluding carboxylic acids is 2. The number of fused-ring (bicyclic) bond motifs is 1. The van der Waals surface area contributed by atoms with Crippen LogP contribution in [0.3, 0.4) is 0 Å². The second kappa shape index (κ2) is 9.50. The standard InChI is InChI=1S/C28H24N2O3S/c1-5-28(3,4)20-9-6-8-19(15-20)27(32)29-21-10-7-11-22(16-21)33-23-12-13-24-25(17-23)34-26(30-24)14-18(2)31/h1,6-13,15-17H,14H2,2-4H3,(H,29,32). The van der Waals surface area contributed by atoms with Gasteiger partial charge < -0.3 is 10.1 Å². The van der Waals surface area contributed by atoms with E-state index in [-0.39, 0.29) is 11.7 Å². The predicted octanol–water partition coefficient (Wildman–Crippen LogP) is 6.38. The third-order valence-corrected chi connectivity index (χ3v) is 6.36. The van der Waals surface area contributed by atoms with Gasteiger partial charge in [-0.25, -0.2) is 4.98 Å². The summed E-state index contributed by atoms with van der Waals surface area (Å²) in [7, 11) is 0. The molecular formula is C28H24N2O3S. The van der Waals surface area contributed by atoms with Gasteiger partial charge >= 0.3 is 0 Å². The minimum absolute atomic E-state index is 0.0841. The lowest BCUT2D eigenvalue weighted by Crippen LogP contribution is -2.17. The number of nitrogens with zero attached hydrogens (tertiary/aromatic N) is 1. The summed E-state index contributed by atoms with van der Waals surface area (Å²) < 4.78 is 6.97. The van der Waals surface area contributed by atoms with Crippen LogP contribution in [0, 0.1) is 12.3 Å². The van der Waals surface area contributed by atoms with Crippen LogP contribution < -0.4 is 10.1 Å². The number of ketones is 1. The predicted molar refractivity (Wildman–Crippen MR) is 137 cm³/mol. The van der Waals surface area contributed by atoms with Gasteiger partial charge in [0.15, 0.2) is 0 Å². The summed E-state index contributed by atoms with van der Waals surface area (Å²) in [5.41, 5.74) is 2.43. The van der Waals surface area contributed by atoms with Crippen LogP contribution in [0.25, 0.3) is 10.2 Å². The molecule has 4 rings (SSSR count). The van der Waals surface area contributed by atoms with E-state index in [0.29, 0.717) is 29.2 Å². The van der Waals surface area contributed by atoms with E-state index in [4.69, 9.17) is 11.2 Å². The van der Waals surface area contributed by atoms with Crippen LogP contribution in [-0.2, 0) is 16.6 Å². The SMILES string of the molecule is C#CC(C)(C)c1cccc(C(=O)Nc2cccc(Oc3ccc4nc(CC(C)=O)sc4c3)c2)c1. The number of Topliss-reactive ketones (excluding diaryl/α,β-unsaturated/α-hetero) is 1. The first-order valence-electron chi connectivity index (χ1n) is 10.8. The van der Waals surface area contributed by atoms with Crippen molar-refractivity contribution in [2.75, 3.05) is 5.32 Å². The van der Waals surface area contributed by atoms with E-state index in [2.05, 4.69) is 16.2 Å². The van der Waals surface area contributed by atoms with Gasteiger partial charge in [-0.1, -0.05) is 24.1 Å². The molecule has 1 aromatic heterocycles. The van der Waals surface area contributed by atoms with Crippen LogP contribution in [0.1, 0.15) is 41.7 Å². The van der Waals surface area contributed by atoms with E-state index in [1.54, 1.807) is 25.1 Å². The Bertz CT molecular complexity index is 1430. The Labute approximate surface area is 202 Å². The highest BCUT2D eigenvalue weighted by Crippen LogP contribution is 2.30. The van der Waals surface area contributed by atoms with E-state index in [1.807, 2.05) is 62.4 Å². The van der Waals surface area contributed by atoms with Crippen molar-refractivity contribution in [2.45, 2.75) is 32.6 Å². The van der Waals surface area contributed by atoms with E-state index >= 15 is 0 Å². The number of rotatable bonds is 7. The van der Waals surface area contributed by atoms with Gasteiger partial charge in [-0.3, -0.25) is 9.59 Å². The molecule has 0 aliphatic carbocycles. The molecule has 0 saturated heterocycles. The number of hydrogen-bond acceptors (Lipinski definition) is 5. The second-order valence-corrected chi connectivity index (χ2v) is 9.67. The van der Waals surface area contributed by atoms with Gasteiger partial charge in [-0.05, 0) is 62.7 Å². The van der Waals surface area contributed by atoms with Crippen molar-refractivity contribution in [3.05, 3.63) is 82.9 Å². The highest BCUT2D eigenvalue weighted by Gasteiger charge is 2.18. The first-order chi connectivity index (χ1) is 16.2. The third kappa shape index (κ3) is 5.33. The fourth-order valence-electron chi connectivity index (χ4n) is 3.41. The molecule has 0 unspecified atom stereocenters. The number of ether oxygens (including phenoxy) is 1. The topological polar surface area (TPSA) is 68.3 Å². The first-order valence-corrected chi connectivity index (χ1v) is 11.6. The number of amides is 1. The Kier molecular flexibility index (Phi) is 6.49.